The minimum Gasteiger partial charge on any atom is -0.379 e. The Morgan fingerprint density at radius 3 is 2.89 bits per heavy atom. The van der Waals surface area contributed by atoms with Gasteiger partial charge in [0.2, 0.25) is 0 Å². The van der Waals surface area contributed by atoms with E-state index in [1.165, 1.54) is 6.07 Å². The maximum absolute atomic E-state index is 13.4. The molecule has 0 aliphatic carbocycles. The Morgan fingerprint density at radius 1 is 1.32 bits per heavy atom. The molecule has 1 fully saturated rings. The number of morpholine rings is 1. The van der Waals surface area contributed by atoms with E-state index in [2.05, 4.69) is 10.2 Å². The van der Waals surface area contributed by atoms with Crippen molar-refractivity contribution < 1.29 is 9.13 Å². The lowest BCUT2D eigenvalue weighted by molar-refractivity contribution is 0.0374. The number of ether oxygens (including phenoxy) is 1. The molecule has 1 heterocycles. The maximum atomic E-state index is 13.4. The second kappa shape index (κ2) is 7.80. The average Bonchev–Trinajstić information content (AvgIpc) is 2.43. The topological polar surface area (TPSA) is 24.5 Å². The zero-order valence-electron chi connectivity index (χ0n) is 11.0. The van der Waals surface area contributed by atoms with E-state index in [-0.39, 0.29) is 5.82 Å². The van der Waals surface area contributed by atoms with Crippen molar-refractivity contribution in [3.8, 4) is 0 Å². The molecule has 3 nitrogen and oxygen atoms in total. The van der Waals surface area contributed by atoms with E-state index in [4.69, 9.17) is 16.3 Å². The summed E-state index contributed by atoms with van der Waals surface area (Å²) in [6, 6.07) is 4.65. The summed E-state index contributed by atoms with van der Waals surface area (Å²) in [5.74, 6) is -0.204. The molecule has 0 bridgehead atoms. The molecule has 0 amide bonds. The van der Waals surface area contributed by atoms with Crippen LogP contribution < -0.4 is 5.32 Å². The van der Waals surface area contributed by atoms with E-state index in [1.807, 2.05) is 0 Å². The molecule has 0 unspecified atom stereocenters. The van der Waals surface area contributed by atoms with Gasteiger partial charge >= 0.3 is 0 Å². The number of nitrogens with one attached hydrogen (secondary N) is 1. The first kappa shape index (κ1) is 14.7. The number of hydrogen-bond acceptors (Lipinski definition) is 3. The molecule has 1 aliphatic heterocycles. The Labute approximate surface area is 118 Å². The molecule has 0 spiro atoms. The van der Waals surface area contributed by atoms with Crippen LogP contribution in [0.3, 0.4) is 0 Å². The molecule has 1 aromatic carbocycles. The largest absolute Gasteiger partial charge is 0.379 e. The molecule has 19 heavy (non-hydrogen) atoms. The van der Waals surface area contributed by atoms with Crippen LogP contribution in [0.15, 0.2) is 18.2 Å². The van der Waals surface area contributed by atoms with Gasteiger partial charge in [0.25, 0.3) is 0 Å². The summed E-state index contributed by atoms with van der Waals surface area (Å²) in [5.41, 5.74) is 0.624. The Hall–Kier alpha value is -0.680. The van der Waals surface area contributed by atoms with E-state index < -0.39 is 0 Å². The summed E-state index contributed by atoms with van der Waals surface area (Å²) in [5, 5.41) is 3.83. The highest BCUT2D eigenvalue weighted by molar-refractivity contribution is 6.30. The predicted octanol–water partition coefficient (Wildman–Crippen LogP) is 2.29. The zero-order valence-corrected chi connectivity index (χ0v) is 11.8. The first-order valence-electron chi connectivity index (χ1n) is 6.70. The van der Waals surface area contributed by atoms with E-state index in [9.17, 15) is 4.39 Å². The Kier molecular flexibility index (Phi) is 6.04. The summed E-state index contributed by atoms with van der Waals surface area (Å²) >= 11 is 5.85. The fourth-order valence-corrected chi connectivity index (χ4v) is 2.35. The van der Waals surface area contributed by atoms with Crippen molar-refractivity contribution in [2.24, 2.45) is 0 Å². The average molecular weight is 287 g/mol. The molecule has 0 saturated carbocycles. The molecule has 0 aromatic heterocycles. The van der Waals surface area contributed by atoms with Gasteiger partial charge in [0.05, 0.1) is 13.2 Å². The summed E-state index contributed by atoms with van der Waals surface area (Å²) in [6.45, 7) is 6.17. The van der Waals surface area contributed by atoms with Crippen LogP contribution in [0.25, 0.3) is 0 Å². The molecule has 1 saturated heterocycles. The minimum absolute atomic E-state index is 0.204. The van der Waals surface area contributed by atoms with E-state index in [0.29, 0.717) is 17.1 Å². The summed E-state index contributed by atoms with van der Waals surface area (Å²) < 4.78 is 18.7. The third-order valence-corrected chi connectivity index (χ3v) is 3.49. The lowest BCUT2D eigenvalue weighted by Crippen LogP contribution is -2.37. The van der Waals surface area contributed by atoms with E-state index >= 15 is 0 Å². The van der Waals surface area contributed by atoms with Gasteiger partial charge < -0.3 is 10.1 Å². The van der Waals surface area contributed by atoms with Gasteiger partial charge in [-0.3, -0.25) is 4.90 Å². The second-order valence-corrected chi connectivity index (χ2v) is 5.16. The molecule has 1 aromatic rings. The molecule has 2 rings (SSSR count). The fourth-order valence-electron chi connectivity index (χ4n) is 2.15. The highest BCUT2D eigenvalue weighted by atomic mass is 35.5. The van der Waals surface area contributed by atoms with Gasteiger partial charge in [-0.2, -0.15) is 0 Å². The van der Waals surface area contributed by atoms with E-state index in [0.717, 1.165) is 45.8 Å². The molecular weight excluding hydrogens is 267 g/mol. The first-order chi connectivity index (χ1) is 9.25. The fraction of sp³-hybridized carbons (Fsp3) is 0.571. The minimum atomic E-state index is -0.204. The van der Waals surface area contributed by atoms with Crippen LogP contribution in [0.4, 0.5) is 4.39 Å². The van der Waals surface area contributed by atoms with Crippen molar-refractivity contribution in [3.63, 3.8) is 0 Å². The van der Waals surface area contributed by atoms with Crippen molar-refractivity contribution in [2.75, 3.05) is 39.4 Å². The van der Waals surface area contributed by atoms with Crippen LogP contribution in [0.2, 0.25) is 5.02 Å². The van der Waals surface area contributed by atoms with Crippen molar-refractivity contribution in [1.82, 2.24) is 10.2 Å². The summed E-state index contributed by atoms with van der Waals surface area (Å²) in [6.07, 6.45) is 1.06. The Balaban J connectivity index is 1.62. The smallest absolute Gasteiger partial charge is 0.127 e. The van der Waals surface area contributed by atoms with Crippen molar-refractivity contribution in [3.05, 3.63) is 34.6 Å². The van der Waals surface area contributed by atoms with Crippen LogP contribution in [0.1, 0.15) is 12.0 Å². The lowest BCUT2D eigenvalue weighted by atomic mass is 10.2. The van der Waals surface area contributed by atoms with Crippen molar-refractivity contribution >= 4 is 11.6 Å². The number of hydrogen-bond donors (Lipinski definition) is 1. The molecule has 1 aliphatic rings. The summed E-state index contributed by atoms with van der Waals surface area (Å²) in [7, 11) is 0. The normalized spacial score (nSPS) is 16.7. The molecular formula is C14H20ClFN2O. The van der Waals surface area contributed by atoms with Crippen molar-refractivity contribution in [2.45, 2.75) is 13.0 Å². The zero-order chi connectivity index (χ0) is 13.5. The molecule has 106 valence electrons. The van der Waals surface area contributed by atoms with Crippen LogP contribution in [-0.2, 0) is 11.3 Å². The predicted molar refractivity (Wildman–Crippen MR) is 75.0 cm³/mol. The highest BCUT2D eigenvalue weighted by Crippen LogP contribution is 2.14. The monoisotopic (exact) mass is 286 g/mol. The molecule has 5 heteroatoms. The van der Waals surface area contributed by atoms with Gasteiger partial charge in [0.15, 0.2) is 0 Å². The Bertz CT molecular complexity index is 397. The maximum Gasteiger partial charge on any atom is 0.127 e. The van der Waals surface area contributed by atoms with Crippen LogP contribution >= 0.6 is 11.6 Å². The SMILES string of the molecule is Fc1ccc(Cl)cc1CNCCCN1CCOCC1. The third-order valence-electron chi connectivity index (χ3n) is 3.25. The van der Waals surface area contributed by atoms with Crippen LogP contribution in [0.5, 0.6) is 0 Å². The lowest BCUT2D eigenvalue weighted by Gasteiger charge is -2.26. The van der Waals surface area contributed by atoms with Gasteiger partial charge in [-0.15, -0.1) is 0 Å². The molecule has 0 radical (unpaired) electrons. The number of halogens is 2. The molecule has 0 atom stereocenters. The third kappa shape index (κ3) is 5.07. The van der Waals surface area contributed by atoms with Gasteiger partial charge in [-0.05, 0) is 37.7 Å². The number of rotatable bonds is 6. The van der Waals surface area contributed by atoms with Crippen LogP contribution in [-0.4, -0.2) is 44.3 Å². The quantitative estimate of drug-likeness (QED) is 0.812. The standard InChI is InChI=1S/C14H20ClFN2O/c15-13-2-3-14(16)12(10-13)11-17-4-1-5-18-6-8-19-9-7-18/h2-3,10,17H,1,4-9,11H2. The summed E-state index contributed by atoms with van der Waals surface area (Å²) in [4.78, 5) is 2.39. The number of nitrogens with zero attached hydrogens (tertiary/aromatic N) is 1. The number of benzene rings is 1. The van der Waals surface area contributed by atoms with Gasteiger partial charge in [0, 0.05) is 30.2 Å². The second-order valence-electron chi connectivity index (χ2n) is 4.72. The van der Waals surface area contributed by atoms with Crippen molar-refractivity contribution in [1.29, 1.82) is 0 Å². The Morgan fingerprint density at radius 2 is 2.11 bits per heavy atom. The van der Waals surface area contributed by atoms with Gasteiger partial charge in [-0.25, -0.2) is 4.39 Å². The van der Waals surface area contributed by atoms with Crippen LogP contribution in [0, 0.1) is 5.82 Å². The van der Waals surface area contributed by atoms with Gasteiger partial charge in [0.1, 0.15) is 5.82 Å². The highest BCUT2D eigenvalue weighted by Gasteiger charge is 2.09. The van der Waals surface area contributed by atoms with Gasteiger partial charge in [-0.1, -0.05) is 11.6 Å². The van der Waals surface area contributed by atoms with E-state index in [1.54, 1.807) is 12.1 Å². The molecule has 1 N–H and O–H groups in total. The first-order valence-corrected chi connectivity index (χ1v) is 7.08.